The maximum Gasteiger partial charge on any atom is 0.349 e. The van der Waals surface area contributed by atoms with Crippen LogP contribution >= 0.6 is 11.6 Å². The second-order valence-corrected chi connectivity index (χ2v) is 9.51. The molecule has 3 atom stereocenters. The molecule has 3 heterocycles. The number of fused-ring (bicyclic) bond motifs is 1. The number of halogens is 4. The summed E-state index contributed by atoms with van der Waals surface area (Å²) in [4.78, 5) is 16.2. The Balaban J connectivity index is 1.41. The minimum Gasteiger partial charge on any atom is -0.349 e. The predicted molar refractivity (Wildman–Crippen MR) is 126 cm³/mol. The summed E-state index contributed by atoms with van der Waals surface area (Å²) < 4.78 is 48.5. The van der Waals surface area contributed by atoms with Crippen LogP contribution in [0.4, 0.5) is 24.7 Å². The molecule has 186 valence electrons. The third-order valence-corrected chi connectivity index (χ3v) is 7.16. The van der Waals surface area contributed by atoms with Crippen molar-refractivity contribution < 1.29 is 13.2 Å². The first-order valence-electron chi connectivity index (χ1n) is 11.7. The van der Waals surface area contributed by atoms with Crippen LogP contribution in [0.15, 0.2) is 35.5 Å². The van der Waals surface area contributed by atoms with Gasteiger partial charge < -0.3 is 10.6 Å². The summed E-state index contributed by atoms with van der Waals surface area (Å²) in [7, 11) is 0. The van der Waals surface area contributed by atoms with Crippen LogP contribution < -0.4 is 16.3 Å². The second kappa shape index (κ2) is 9.64. The van der Waals surface area contributed by atoms with E-state index in [1.54, 1.807) is 18.6 Å². The molecule has 2 aliphatic rings. The second-order valence-electron chi connectivity index (χ2n) is 9.08. The third-order valence-electron chi connectivity index (χ3n) is 6.94. The summed E-state index contributed by atoms with van der Waals surface area (Å²) in [6.07, 6.45) is 9.29. The van der Waals surface area contributed by atoms with Gasteiger partial charge in [-0.1, -0.05) is 44.4 Å². The smallest absolute Gasteiger partial charge is 0.349 e. The van der Waals surface area contributed by atoms with Crippen LogP contribution in [-0.4, -0.2) is 36.5 Å². The molecule has 0 amide bonds. The minimum atomic E-state index is -3.24. The number of nitrogens with one attached hydrogen (secondary N) is 2. The van der Waals surface area contributed by atoms with Gasteiger partial charge in [0.1, 0.15) is 5.67 Å². The molecule has 4 rings (SSSR count). The zero-order chi connectivity index (χ0) is 24.5. The Morgan fingerprint density at radius 1 is 1.24 bits per heavy atom. The molecule has 1 aliphatic heterocycles. The van der Waals surface area contributed by atoms with Crippen molar-refractivity contribution in [2.24, 2.45) is 11.8 Å². The molecule has 11 heteroatoms. The number of alkyl halides is 4. The largest absolute Gasteiger partial charge is 0.349 e. The number of hydrogen-bond donors (Lipinski definition) is 2. The molecular weight excluding hydrogens is 469 g/mol. The van der Waals surface area contributed by atoms with Crippen LogP contribution in [0.25, 0.3) is 0 Å². The molecule has 2 aromatic heterocycles. The van der Waals surface area contributed by atoms with E-state index < -0.39 is 29.1 Å². The van der Waals surface area contributed by atoms with Crippen molar-refractivity contribution in [3.63, 3.8) is 0 Å². The van der Waals surface area contributed by atoms with Crippen LogP contribution in [-0.2, 0) is 19.5 Å². The lowest BCUT2D eigenvalue weighted by molar-refractivity contribution is -0.125. The van der Waals surface area contributed by atoms with E-state index >= 15 is 4.39 Å². The maximum atomic E-state index is 16.0. The lowest BCUT2D eigenvalue weighted by Crippen LogP contribution is -2.52. The number of hydrogen-bond acceptors (Lipinski definition) is 5. The average Bonchev–Trinajstić information content (AvgIpc) is 3.37. The molecule has 0 bridgehead atoms. The Kier molecular flexibility index (Phi) is 6.98. The number of aryl methyl sites for hydroxylation is 2. The third kappa shape index (κ3) is 4.82. The molecule has 0 spiro atoms. The molecule has 2 aromatic rings. The SMILES string of the molecule is CCC(CC)C1(F)CC=CC(F)(F)C1Cn1cc(CCCn2cc3c(nc2=O)NC(Cl)N3)cn1. The fourth-order valence-electron chi connectivity index (χ4n) is 5.10. The van der Waals surface area contributed by atoms with E-state index in [4.69, 9.17) is 11.6 Å². The van der Waals surface area contributed by atoms with Gasteiger partial charge in [-0.3, -0.25) is 9.25 Å². The molecule has 3 unspecified atom stereocenters. The first-order chi connectivity index (χ1) is 16.2. The summed E-state index contributed by atoms with van der Waals surface area (Å²) in [6.45, 7) is 3.92. The first kappa shape index (κ1) is 24.6. The van der Waals surface area contributed by atoms with Gasteiger partial charge in [0.2, 0.25) is 0 Å². The number of allylic oxidation sites excluding steroid dienone is 2. The normalized spacial score (nSPS) is 25.3. The Morgan fingerprint density at radius 2 is 2.00 bits per heavy atom. The topological polar surface area (TPSA) is 76.8 Å². The lowest BCUT2D eigenvalue weighted by atomic mass is 9.68. The molecule has 34 heavy (non-hydrogen) atoms. The van der Waals surface area contributed by atoms with E-state index in [0.29, 0.717) is 43.7 Å². The van der Waals surface area contributed by atoms with Crippen molar-refractivity contribution in [3.05, 3.63) is 46.8 Å². The molecule has 0 saturated heterocycles. The Labute approximate surface area is 201 Å². The number of nitrogens with zero attached hydrogens (tertiary/aromatic N) is 4. The Morgan fingerprint density at radius 3 is 2.74 bits per heavy atom. The van der Waals surface area contributed by atoms with E-state index in [0.717, 1.165) is 11.6 Å². The molecule has 1 aliphatic carbocycles. The van der Waals surface area contributed by atoms with E-state index in [-0.39, 0.29) is 18.7 Å². The fourth-order valence-corrected chi connectivity index (χ4v) is 5.32. The molecule has 7 nitrogen and oxygen atoms in total. The highest BCUT2D eigenvalue weighted by molar-refractivity contribution is 6.23. The average molecular weight is 499 g/mol. The summed E-state index contributed by atoms with van der Waals surface area (Å²) >= 11 is 5.95. The fraction of sp³-hybridized carbons (Fsp3) is 0.609. The molecular formula is C23H30ClF3N6O. The zero-order valence-corrected chi connectivity index (χ0v) is 20.0. The zero-order valence-electron chi connectivity index (χ0n) is 19.3. The molecule has 0 fully saturated rings. The maximum absolute atomic E-state index is 16.0. The van der Waals surface area contributed by atoms with Crippen molar-refractivity contribution in [2.75, 3.05) is 10.6 Å². The van der Waals surface area contributed by atoms with Crippen LogP contribution in [0.1, 0.15) is 45.1 Å². The summed E-state index contributed by atoms with van der Waals surface area (Å²) in [6, 6.07) is 0. The summed E-state index contributed by atoms with van der Waals surface area (Å²) in [5, 5.41) is 10.0. The van der Waals surface area contributed by atoms with E-state index in [1.165, 1.54) is 15.3 Å². The van der Waals surface area contributed by atoms with Crippen molar-refractivity contribution >= 4 is 23.1 Å². The number of anilines is 2. The number of rotatable bonds is 9. The Bertz CT molecular complexity index is 1100. The van der Waals surface area contributed by atoms with Gasteiger partial charge >= 0.3 is 5.69 Å². The minimum absolute atomic E-state index is 0.00780. The quantitative estimate of drug-likeness (QED) is 0.295. The van der Waals surface area contributed by atoms with E-state index in [1.807, 2.05) is 13.8 Å². The van der Waals surface area contributed by atoms with E-state index in [9.17, 15) is 13.6 Å². The molecule has 0 radical (unpaired) electrons. The van der Waals surface area contributed by atoms with Crippen molar-refractivity contribution in [1.82, 2.24) is 19.3 Å². The summed E-state index contributed by atoms with van der Waals surface area (Å²) in [5.74, 6) is -4.74. The van der Waals surface area contributed by atoms with Gasteiger partial charge in [-0.25, -0.2) is 18.0 Å². The van der Waals surface area contributed by atoms with Gasteiger partial charge in [0.05, 0.1) is 24.3 Å². The van der Waals surface area contributed by atoms with Gasteiger partial charge in [0.15, 0.2) is 11.4 Å². The highest BCUT2D eigenvalue weighted by atomic mass is 35.5. The predicted octanol–water partition coefficient (Wildman–Crippen LogP) is 4.79. The lowest BCUT2D eigenvalue weighted by Gasteiger charge is -2.44. The van der Waals surface area contributed by atoms with Gasteiger partial charge in [-0.05, 0) is 30.4 Å². The van der Waals surface area contributed by atoms with E-state index in [2.05, 4.69) is 20.7 Å². The van der Waals surface area contributed by atoms with Crippen LogP contribution in [0.3, 0.4) is 0 Å². The monoisotopic (exact) mass is 498 g/mol. The van der Waals surface area contributed by atoms with Gasteiger partial charge in [0, 0.05) is 25.4 Å². The Hall–Kier alpha value is -2.49. The molecule has 2 N–H and O–H groups in total. The first-order valence-corrected chi connectivity index (χ1v) is 12.1. The molecule has 0 aromatic carbocycles. The van der Waals surface area contributed by atoms with Crippen LogP contribution in [0, 0.1) is 11.8 Å². The van der Waals surface area contributed by atoms with Crippen LogP contribution in [0.5, 0.6) is 0 Å². The van der Waals surface area contributed by atoms with Crippen molar-refractivity contribution in [2.45, 2.75) is 76.3 Å². The van der Waals surface area contributed by atoms with Crippen LogP contribution in [0.2, 0.25) is 0 Å². The van der Waals surface area contributed by atoms with Gasteiger partial charge in [0.25, 0.3) is 5.92 Å². The molecule has 0 saturated carbocycles. The van der Waals surface area contributed by atoms with Gasteiger partial charge in [-0.2, -0.15) is 10.1 Å². The highest BCUT2D eigenvalue weighted by Crippen LogP contribution is 2.49. The summed E-state index contributed by atoms with van der Waals surface area (Å²) in [5.41, 5.74) is -1.39. The van der Waals surface area contributed by atoms with Gasteiger partial charge in [-0.15, -0.1) is 0 Å². The van der Waals surface area contributed by atoms with Crippen molar-refractivity contribution in [1.29, 1.82) is 0 Å². The standard InChI is InChI=1S/C23H30ClF3N6O/c1-3-16(4-2)22(25)8-6-9-23(26,27)18(22)14-33-12-15(11-28-33)7-5-10-32-13-17-19(31-21(32)34)30-20(24)29-17/h6,9,11-13,16,18,20,29H,3-5,7-8,10,14H2,1-2H3,(H,30,31,34). The number of aromatic nitrogens is 4. The highest BCUT2D eigenvalue weighted by Gasteiger charge is 2.56. The van der Waals surface area contributed by atoms with Crippen molar-refractivity contribution in [3.8, 4) is 0 Å².